The molecule has 1 saturated carbocycles. The molecule has 0 heterocycles. The van der Waals surface area contributed by atoms with Gasteiger partial charge in [0.1, 0.15) is 11.5 Å². The third-order valence-corrected chi connectivity index (χ3v) is 4.50. The monoisotopic (exact) mass is 267 g/mol. The maximum absolute atomic E-state index is 5.90. The Hall–Kier alpha value is -1.80. The molecule has 2 N–H and O–H groups in total. The van der Waals surface area contributed by atoms with Gasteiger partial charge >= 0.3 is 0 Å². The second-order valence-electron chi connectivity index (χ2n) is 6.13. The van der Waals surface area contributed by atoms with Crippen molar-refractivity contribution < 1.29 is 4.74 Å². The van der Waals surface area contributed by atoms with Crippen LogP contribution in [0.15, 0.2) is 54.6 Å². The van der Waals surface area contributed by atoms with Gasteiger partial charge < -0.3 is 10.5 Å². The van der Waals surface area contributed by atoms with Crippen molar-refractivity contribution in [3.05, 3.63) is 60.2 Å². The zero-order chi connectivity index (χ0) is 14.2. The molecule has 1 fully saturated rings. The van der Waals surface area contributed by atoms with Crippen LogP contribution in [-0.2, 0) is 0 Å². The van der Waals surface area contributed by atoms with Crippen molar-refractivity contribution in [1.82, 2.24) is 0 Å². The molecule has 3 rings (SSSR count). The summed E-state index contributed by atoms with van der Waals surface area (Å²) in [6.45, 7) is 5.33. The standard InChI is InChI=1S/C18H21NO/c1-18(2)16(12-19)17(18)13-7-6-10-15(11-13)20-14-8-4-3-5-9-14/h3-11,16-17H,12,19H2,1-2H3. The molecule has 0 saturated heterocycles. The number of nitrogens with two attached hydrogens (primary N) is 1. The van der Waals surface area contributed by atoms with Crippen LogP contribution in [0, 0.1) is 11.3 Å². The minimum Gasteiger partial charge on any atom is -0.457 e. The van der Waals surface area contributed by atoms with Gasteiger partial charge in [-0.05, 0) is 53.6 Å². The van der Waals surface area contributed by atoms with Crippen molar-refractivity contribution in [2.45, 2.75) is 19.8 Å². The van der Waals surface area contributed by atoms with E-state index < -0.39 is 0 Å². The Kier molecular flexibility index (Phi) is 3.27. The molecule has 2 nitrogen and oxygen atoms in total. The molecule has 2 unspecified atom stereocenters. The van der Waals surface area contributed by atoms with Gasteiger partial charge in [0.05, 0.1) is 0 Å². The summed E-state index contributed by atoms with van der Waals surface area (Å²) in [7, 11) is 0. The Morgan fingerprint density at radius 1 is 1.00 bits per heavy atom. The number of rotatable bonds is 4. The normalized spacial score (nSPS) is 23.4. The van der Waals surface area contributed by atoms with E-state index in [2.05, 4.69) is 32.0 Å². The van der Waals surface area contributed by atoms with Crippen LogP contribution in [0.5, 0.6) is 11.5 Å². The van der Waals surface area contributed by atoms with E-state index in [4.69, 9.17) is 10.5 Å². The lowest BCUT2D eigenvalue weighted by molar-refractivity contribution is 0.481. The van der Waals surface area contributed by atoms with Crippen molar-refractivity contribution in [2.75, 3.05) is 6.54 Å². The van der Waals surface area contributed by atoms with E-state index in [0.717, 1.165) is 18.0 Å². The second kappa shape index (κ2) is 4.95. The van der Waals surface area contributed by atoms with Crippen molar-refractivity contribution >= 4 is 0 Å². The van der Waals surface area contributed by atoms with Gasteiger partial charge in [-0.15, -0.1) is 0 Å². The average Bonchev–Trinajstić information content (AvgIpc) is 3.02. The number of hydrogen-bond donors (Lipinski definition) is 1. The summed E-state index contributed by atoms with van der Waals surface area (Å²) in [5.74, 6) is 2.89. The van der Waals surface area contributed by atoms with Crippen LogP contribution in [-0.4, -0.2) is 6.54 Å². The first-order valence-electron chi connectivity index (χ1n) is 7.16. The topological polar surface area (TPSA) is 35.2 Å². The highest BCUT2D eigenvalue weighted by molar-refractivity contribution is 5.39. The summed E-state index contributed by atoms with van der Waals surface area (Å²) in [6, 6.07) is 18.3. The lowest BCUT2D eigenvalue weighted by Gasteiger charge is -2.08. The third kappa shape index (κ3) is 2.32. The number of hydrogen-bond acceptors (Lipinski definition) is 2. The van der Waals surface area contributed by atoms with E-state index in [1.807, 2.05) is 36.4 Å². The molecule has 0 aromatic heterocycles. The first-order chi connectivity index (χ1) is 9.63. The minimum absolute atomic E-state index is 0.306. The Morgan fingerprint density at radius 2 is 1.70 bits per heavy atom. The van der Waals surface area contributed by atoms with Gasteiger partial charge in [0.2, 0.25) is 0 Å². The summed E-state index contributed by atoms with van der Waals surface area (Å²) >= 11 is 0. The lowest BCUT2D eigenvalue weighted by Crippen LogP contribution is -2.05. The summed E-state index contributed by atoms with van der Waals surface area (Å²) in [4.78, 5) is 0. The quantitative estimate of drug-likeness (QED) is 0.902. The van der Waals surface area contributed by atoms with Crippen LogP contribution < -0.4 is 10.5 Å². The minimum atomic E-state index is 0.306. The van der Waals surface area contributed by atoms with E-state index in [9.17, 15) is 0 Å². The second-order valence-corrected chi connectivity index (χ2v) is 6.13. The summed E-state index contributed by atoms with van der Waals surface area (Å²) in [6.07, 6.45) is 0. The number of ether oxygens (including phenoxy) is 1. The van der Waals surface area contributed by atoms with Crippen LogP contribution >= 0.6 is 0 Å². The Morgan fingerprint density at radius 3 is 2.35 bits per heavy atom. The fraction of sp³-hybridized carbons (Fsp3) is 0.333. The van der Waals surface area contributed by atoms with Gasteiger partial charge in [-0.3, -0.25) is 0 Å². The molecule has 2 aromatic carbocycles. The summed E-state index contributed by atoms with van der Waals surface area (Å²) in [5.41, 5.74) is 7.51. The van der Waals surface area contributed by atoms with E-state index in [-0.39, 0.29) is 0 Å². The zero-order valence-electron chi connectivity index (χ0n) is 12.0. The maximum atomic E-state index is 5.90. The molecule has 2 atom stereocenters. The van der Waals surface area contributed by atoms with Crippen LogP contribution in [0.25, 0.3) is 0 Å². The van der Waals surface area contributed by atoms with E-state index in [1.54, 1.807) is 0 Å². The molecule has 2 aromatic rings. The smallest absolute Gasteiger partial charge is 0.127 e. The molecule has 0 amide bonds. The molecule has 2 heteroatoms. The van der Waals surface area contributed by atoms with Crippen LogP contribution in [0.2, 0.25) is 0 Å². The van der Waals surface area contributed by atoms with Crippen LogP contribution in [0.1, 0.15) is 25.3 Å². The summed E-state index contributed by atoms with van der Waals surface area (Å²) < 4.78 is 5.90. The van der Waals surface area contributed by atoms with Gasteiger partial charge in [-0.1, -0.05) is 44.2 Å². The highest BCUT2D eigenvalue weighted by Gasteiger charge is 2.57. The van der Waals surface area contributed by atoms with E-state index in [1.165, 1.54) is 5.56 Å². The van der Waals surface area contributed by atoms with E-state index >= 15 is 0 Å². The van der Waals surface area contributed by atoms with Gasteiger partial charge in [-0.2, -0.15) is 0 Å². The molecule has 20 heavy (non-hydrogen) atoms. The SMILES string of the molecule is CC1(C)C(CN)C1c1cccc(Oc2ccccc2)c1. The highest BCUT2D eigenvalue weighted by atomic mass is 16.5. The molecule has 0 bridgehead atoms. The van der Waals surface area contributed by atoms with Crippen molar-refractivity contribution in [3.8, 4) is 11.5 Å². The fourth-order valence-electron chi connectivity index (χ4n) is 3.24. The van der Waals surface area contributed by atoms with Gasteiger partial charge in [0.15, 0.2) is 0 Å². The molecule has 0 aliphatic heterocycles. The molecule has 1 aliphatic carbocycles. The zero-order valence-corrected chi connectivity index (χ0v) is 12.0. The van der Waals surface area contributed by atoms with Crippen molar-refractivity contribution in [2.24, 2.45) is 17.1 Å². The molecular formula is C18H21NO. The van der Waals surface area contributed by atoms with Gasteiger partial charge in [0, 0.05) is 0 Å². The molecule has 0 spiro atoms. The predicted octanol–water partition coefficient (Wildman–Crippen LogP) is 4.18. The average molecular weight is 267 g/mol. The first kappa shape index (κ1) is 13.2. The lowest BCUT2D eigenvalue weighted by atomic mass is 10.0. The number of benzene rings is 2. The Balaban J connectivity index is 1.81. The predicted molar refractivity (Wildman–Crippen MR) is 82.0 cm³/mol. The fourth-order valence-corrected chi connectivity index (χ4v) is 3.24. The largest absolute Gasteiger partial charge is 0.457 e. The summed E-state index contributed by atoms with van der Waals surface area (Å²) in [5, 5.41) is 0. The molecular weight excluding hydrogens is 246 g/mol. The van der Waals surface area contributed by atoms with Crippen LogP contribution in [0.4, 0.5) is 0 Å². The molecule has 1 aliphatic rings. The third-order valence-electron chi connectivity index (χ3n) is 4.50. The maximum Gasteiger partial charge on any atom is 0.127 e. The van der Waals surface area contributed by atoms with Crippen molar-refractivity contribution in [3.63, 3.8) is 0 Å². The van der Waals surface area contributed by atoms with E-state index in [0.29, 0.717) is 17.3 Å². The van der Waals surface area contributed by atoms with Crippen LogP contribution in [0.3, 0.4) is 0 Å². The Bertz CT molecular complexity index is 591. The van der Waals surface area contributed by atoms with Crippen molar-refractivity contribution in [1.29, 1.82) is 0 Å². The Labute approximate surface area is 120 Å². The van der Waals surface area contributed by atoms with Gasteiger partial charge in [0.25, 0.3) is 0 Å². The molecule has 0 radical (unpaired) electrons. The molecule has 104 valence electrons. The highest BCUT2D eigenvalue weighted by Crippen LogP contribution is 2.64. The first-order valence-corrected chi connectivity index (χ1v) is 7.16. The number of para-hydroxylation sites is 1. The van der Waals surface area contributed by atoms with Gasteiger partial charge in [-0.25, -0.2) is 0 Å².